The van der Waals surface area contributed by atoms with Gasteiger partial charge in [-0.25, -0.2) is 0 Å². The summed E-state index contributed by atoms with van der Waals surface area (Å²) >= 11 is 0. The Bertz CT molecular complexity index is 127. The Balaban J connectivity index is 3.40. The normalized spacial score (nSPS) is 7.43. The summed E-state index contributed by atoms with van der Waals surface area (Å²) in [7, 11) is 0. The second kappa shape index (κ2) is 4.77. The molecule has 0 aliphatic rings. The van der Waals surface area contributed by atoms with E-state index in [-0.39, 0.29) is 0 Å². The topological polar surface area (TPSA) is 43.1 Å². The SMILES string of the molecule is NC#C/C=C\C=O. The van der Waals surface area contributed by atoms with Crippen molar-refractivity contribution in [2.24, 2.45) is 5.73 Å². The lowest BCUT2D eigenvalue weighted by molar-refractivity contribution is -0.104. The summed E-state index contributed by atoms with van der Waals surface area (Å²) in [6.45, 7) is 0. The second-order valence-electron chi connectivity index (χ2n) is 0.784. The number of hydrogen-bond donors (Lipinski definition) is 1. The van der Waals surface area contributed by atoms with Gasteiger partial charge in [-0.15, -0.1) is 0 Å². The van der Waals surface area contributed by atoms with Gasteiger partial charge in [-0.1, -0.05) is 5.92 Å². The largest absolute Gasteiger partial charge is 0.359 e. The van der Waals surface area contributed by atoms with Crippen LogP contribution in [0.2, 0.25) is 0 Å². The van der Waals surface area contributed by atoms with Crippen LogP contribution in [0.5, 0.6) is 0 Å². The Morgan fingerprint density at radius 1 is 1.57 bits per heavy atom. The first-order chi connectivity index (χ1) is 3.41. The highest BCUT2D eigenvalue weighted by Gasteiger charge is 1.54. The van der Waals surface area contributed by atoms with Crippen LogP contribution in [-0.4, -0.2) is 6.29 Å². The lowest BCUT2D eigenvalue weighted by Gasteiger charge is -1.57. The summed E-state index contributed by atoms with van der Waals surface area (Å²) in [6.07, 6.45) is 3.30. The van der Waals surface area contributed by atoms with E-state index in [4.69, 9.17) is 5.73 Å². The Hall–Kier alpha value is -1.23. The molecule has 0 aliphatic carbocycles. The molecule has 0 aromatic rings. The quantitative estimate of drug-likeness (QED) is 0.209. The van der Waals surface area contributed by atoms with E-state index in [0.717, 1.165) is 0 Å². The number of hydrogen-bond acceptors (Lipinski definition) is 2. The van der Waals surface area contributed by atoms with Crippen LogP contribution < -0.4 is 5.73 Å². The summed E-state index contributed by atoms with van der Waals surface area (Å²) in [5, 5.41) is 0. The average molecular weight is 95.1 g/mol. The summed E-state index contributed by atoms with van der Waals surface area (Å²) in [5.74, 6) is 2.37. The van der Waals surface area contributed by atoms with E-state index in [2.05, 4.69) is 12.0 Å². The Labute approximate surface area is 42.0 Å². The standard InChI is InChI=1S/C5H5NO/c6-4-2-1-3-5-7/h1,3,5H,6H2/b3-1-. The fraction of sp³-hybridized carbons (Fsp3) is 0. The molecular weight excluding hydrogens is 90.1 g/mol. The van der Waals surface area contributed by atoms with Gasteiger partial charge < -0.3 is 5.73 Å². The third-order valence-corrected chi connectivity index (χ3v) is 0.341. The van der Waals surface area contributed by atoms with Gasteiger partial charge in [0.15, 0.2) is 0 Å². The van der Waals surface area contributed by atoms with Crippen molar-refractivity contribution < 1.29 is 4.79 Å². The van der Waals surface area contributed by atoms with Crippen LogP contribution >= 0.6 is 0 Å². The first-order valence-corrected chi connectivity index (χ1v) is 1.73. The fourth-order valence-electron chi connectivity index (χ4n) is 0.136. The molecule has 0 atom stereocenters. The van der Waals surface area contributed by atoms with Crippen LogP contribution in [0.3, 0.4) is 0 Å². The Morgan fingerprint density at radius 2 is 2.29 bits per heavy atom. The number of carbonyl (C=O) groups is 1. The van der Waals surface area contributed by atoms with Crippen LogP contribution in [-0.2, 0) is 4.79 Å². The van der Waals surface area contributed by atoms with E-state index < -0.39 is 0 Å². The molecule has 0 unspecified atom stereocenters. The van der Waals surface area contributed by atoms with Crippen molar-refractivity contribution in [1.82, 2.24) is 0 Å². The summed E-state index contributed by atoms with van der Waals surface area (Å²) in [6, 6.07) is 2.11. The van der Waals surface area contributed by atoms with Gasteiger partial charge in [-0.2, -0.15) is 0 Å². The molecule has 0 fully saturated rings. The van der Waals surface area contributed by atoms with Crippen molar-refractivity contribution in [3.8, 4) is 12.0 Å². The van der Waals surface area contributed by atoms with Crippen molar-refractivity contribution in [3.63, 3.8) is 0 Å². The van der Waals surface area contributed by atoms with E-state index in [9.17, 15) is 4.79 Å². The predicted molar refractivity (Wildman–Crippen MR) is 27.2 cm³/mol. The van der Waals surface area contributed by atoms with Gasteiger partial charge in [0.2, 0.25) is 0 Å². The minimum Gasteiger partial charge on any atom is -0.359 e. The number of carbonyl (C=O) groups excluding carboxylic acids is 1. The van der Waals surface area contributed by atoms with Gasteiger partial charge in [0.1, 0.15) is 6.29 Å². The van der Waals surface area contributed by atoms with Crippen LogP contribution in [0.25, 0.3) is 0 Å². The minimum absolute atomic E-state index is 0.643. The maximum Gasteiger partial charge on any atom is 0.143 e. The third kappa shape index (κ3) is 4.77. The van der Waals surface area contributed by atoms with Gasteiger partial charge in [0.05, 0.1) is 0 Å². The molecule has 0 rings (SSSR count). The van der Waals surface area contributed by atoms with Crippen molar-refractivity contribution in [2.75, 3.05) is 0 Å². The summed E-state index contributed by atoms with van der Waals surface area (Å²) in [4.78, 5) is 9.48. The number of allylic oxidation sites excluding steroid dienone is 2. The van der Waals surface area contributed by atoms with Crippen LogP contribution in [0.4, 0.5) is 0 Å². The van der Waals surface area contributed by atoms with Crippen LogP contribution in [0.1, 0.15) is 0 Å². The second-order valence-corrected chi connectivity index (χ2v) is 0.784. The van der Waals surface area contributed by atoms with Crippen molar-refractivity contribution >= 4 is 6.29 Å². The van der Waals surface area contributed by atoms with E-state index in [1.807, 2.05) is 0 Å². The number of nitrogens with two attached hydrogens (primary N) is 1. The average Bonchev–Trinajstić information content (AvgIpc) is 1.69. The van der Waals surface area contributed by atoms with E-state index >= 15 is 0 Å². The van der Waals surface area contributed by atoms with Crippen molar-refractivity contribution in [2.45, 2.75) is 0 Å². The number of rotatable bonds is 1. The highest BCUT2D eigenvalue weighted by molar-refractivity contribution is 5.65. The van der Waals surface area contributed by atoms with Crippen molar-refractivity contribution in [3.05, 3.63) is 12.2 Å². The van der Waals surface area contributed by atoms with Gasteiger partial charge in [0, 0.05) is 6.04 Å². The molecule has 2 nitrogen and oxygen atoms in total. The number of aldehydes is 1. The monoisotopic (exact) mass is 95.0 g/mol. The van der Waals surface area contributed by atoms with E-state index in [0.29, 0.717) is 6.29 Å². The van der Waals surface area contributed by atoms with Crippen LogP contribution in [0.15, 0.2) is 12.2 Å². The molecule has 0 heterocycles. The molecule has 0 aliphatic heterocycles. The van der Waals surface area contributed by atoms with Crippen molar-refractivity contribution in [1.29, 1.82) is 0 Å². The first kappa shape index (κ1) is 5.77. The first-order valence-electron chi connectivity index (χ1n) is 1.73. The van der Waals surface area contributed by atoms with Gasteiger partial charge in [-0.3, -0.25) is 4.79 Å². The molecule has 0 radical (unpaired) electrons. The molecule has 0 saturated carbocycles. The summed E-state index contributed by atoms with van der Waals surface area (Å²) < 4.78 is 0. The van der Waals surface area contributed by atoms with E-state index in [1.165, 1.54) is 12.2 Å². The molecule has 2 N–H and O–H groups in total. The lowest BCUT2D eigenvalue weighted by Crippen LogP contribution is -1.73. The minimum atomic E-state index is 0.643. The maximum atomic E-state index is 9.48. The Kier molecular flexibility index (Phi) is 3.93. The highest BCUT2D eigenvalue weighted by Crippen LogP contribution is 1.58. The molecule has 7 heavy (non-hydrogen) atoms. The molecule has 0 aromatic heterocycles. The Morgan fingerprint density at radius 3 is 2.71 bits per heavy atom. The zero-order chi connectivity index (χ0) is 5.54. The molecule has 0 spiro atoms. The van der Waals surface area contributed by atoms with Crippen LogP contribution in [0, 0.1) is 12.0 Å². The predicted octanol–water partition coefficient (Wildman–Crippen LogP) is -0.339. The highest BCUT2D eigenvalue weighted by atomic mass is 16.1. The molecule has 0 aromatic carbocycles. The molecular formula is C5H5NO. The molecule has 0 amide bonds. The molecule has 0 saturated heterocycles. The molecule has 2 heteroatoms. The van der Waals surface area contributed by atoms with Gasteiger partial charge in [-0.05, 0) is 12.2 Å². The fourth-order valence-corrected chi connectivity index (χ4v) is 0.136. The maximum absolute atomic E-state index is 9.48. The molecule has 0 bridgehead atoms. The summed E-state index contributed by atoms with van der Waals surface area (Å²) in [5.41, 5.74) is 4.74. The van der Waals surface area contributed by atoms with Gasteiger partial charge in [0.25, 0.3) is 0 Å². The molecule has 36 valence electrons. The smallest absolute Gasteiger partial charge is 0.143 e. The van der Waals surface area contributed by atoms with E-state index in [1.54, 1.807) is 0 Å². The zero-order valence-electron chi connectivity index (χ0n) is 3.72. The zero-order valence-corrected chi connectivity index (χ0v) is 3.72. The third-order valence-electron chi connectivity index (χ3n) is 0.341. The van der Waals surface area contributed by atoms with Gasteiger partial charge >= 0.3 is 0 Å². The lowest BCUT2D eigenvalue weighted by atomic mass is 10.5.